The van der Waals surface area contributed by atoms with Gasteiger partial charge < -0.3 is 15.1 Å². The molecule has 0 radical (unpaired) electrons. The minimum absolute atomic E-state index is 0.00124. The van der Waals surface area contributed by atoms with Gasteiger partial charge in [-0.05, 0) is 44.2 Å². The van der Waals surface area contributed by atoms with Crippen LogP contribution >= 0.6 is 0 Å². The van der Waals surface area contributed by atoms with Crippen LogP contribution in [0.25, 0.3) is 0 Å². The van der Waals surface area contributed by atoms with Gasteiger partial charge in [0.1, 0.15) is 5.82 Å². The molecule has 132 valence electrons. The Morgan fingerprint density at radius 3 is 2.44 bits per heavy atom. The summed E-state index contributed by atoms with van der Waals surface area (Å²) in [6, 6.07) is 8.61. The van der Waals surface area contributed by atoms with Crippen molar-refractivity contribution in [3.63, 3.8) is 0 Å². The number of benzene rings is 1. The molecule has 25 heavy (non-hydrogen) atoms. The highest BCUT2D eigenvalue weighted by molar-refractivity contribution is 5.95. The summed E-state index contributed by atoms with van der Waals surface area (Å²) in [5, 5.41) is 3.26. The maximum Gasteiger partial charge on any atom is 0.255 e. The van der Waals surface area contributed by atoms with Gasteiger partial charge in [0.15, 0.2) is 0 Å². The SMILES string of the molecule is CC(C)Nc1cncc(C(=O)N2CCN(c3ccc(F)cc3)CC2)c1. The van der Waals surface area contributed by atoms with E-state index < -0.39 is 0 Å². The summed E-state index contributed by atoms with van der Waals surface area (Å²) in [6.07, 6.45) is 3.34. The Morgan fingerprint density at radius 1 is 1.12 bits per heavy atom. The van der Waals surface area contributed by atoms with Crippen molar-refractivity contribution >= 4 is 17.3 Å². The zero-order valence-corrected chi connectivity index (χ0v) is 14.6. The van der Waals surface area contributed by atoms with Crippen LogP contribution in [0.15, 0.2) is 42.7 Å². The van der Waals surface area contributed by atoms with E-state index in [9.17, 15) is 9.18 Å². The van der Waals surface area contributed by atoms with Crippen LogP contribution in [0.2, 0.25) is 0 Å². The van der Waals surface area contributed by atoms with Crippen LogP contribution in [0.4, 0.5) is 15.8 Å². The number of anilines is 2. The highest BCUT2D eigenvalue weighted by Gasteiger charge is 2.22. The minimum atomic E-state index is -0.236. The summed E-state index contributed by atoms with van der Waals surface area (Å²) < 4.78 is 13.0. The van der Waals surface area contributed by atoms with Gasteiger partial charge in [0.05, 0.1) is 11.3 Å². The lowest BCUT2D eigenvalue weighted by Crippen LogP contribution is -2.48. The predicted molar refractivity (Wildman–Crippen MR) is 97.5 cm³/mol. The average Bonchev–Trinajstić information content (AvgIpc) is 2.62. The molecule has 2 heterocycles. The van der Waals surface area contributed by atoms with E-state index in [2.05, 4.69) is 15.2 Å². The monoisotopic (exact) mass is 342 g/mol. The second-order valence-electron chi connectivity index (χ2n) is 6.52. The molecule has 1 aliphatic rings. The highest BCUT2D eigenvalue weighted by atomic mass is 19.1. The van der Waals surface area contributed by atoms with Crippen molar-refractivity contribution in [2.45, 2.75) is 19.9 Å². The van der Waals surface area contributed by atoms with Crippen molar-refractivity contribution in [3.8, 4) is 0 Å². The van der Waals surface area contributed by atoms with Gasteiger partial charge in [-0.1, -0.05) is 0 Å². The van der Waals surface area contributed by atoms with E-state index in [4.69, 9.17) is 0 Å². The average molecular weight is 342 g/mol. The van der Waals surface area contributed by atoms with Gasteiger partial charge in [-0.3, -0.25) is 9.78 Å². The molecule has 0 saturated carbocycles. The molecule has 0 aliphatic carbocycles. The molecule has 1 aromatic heterocycles. The van der Waals surface area contributed by atoms with Gasteiger partial charge in [-0.25, -0.2) is 4.39 Å². The second-order valence-corrected chi connectivity index (χ2v) is 6.52. The van der Waals surface area contributed by atoms with Crippen LogP contribution in [0.3, 0.4) is 0 Å². The first kappa shape index (κ1) is 17.2. The van der Waals surface area contributed by atoms with Crippen molar-refractivity contribution < 1.29 is 9.18 Å². The van der Waals surface area contributed by atoms with E-state index in [1.54, 1.807) is 24.5 Å². The topological polar surface area (TPSA) is 48.5 Å². The van der Waals surface area contributed by atoms with Crippen molar-refractivity contribution in [1.29, 1.82) is 0 Å². The first-order valence-electron chi connectivity index (χ1n) is 8.54. The van der Waals surface area contributed by atoms with Crippen LogP contribution in [0.5, 0.6) is 0 Å². The lowest BCUT2D eigenvalue weighted by atomic mass is 10.2. The van der Waals surface area contributed by atoms with Crippen molar-refractivity contribution in [3.05, 3.63) is 54.1 Å². The molecule has 1 fully saturated rings. The molecule has 5 nitrogen and oxygen atoms in total. The van der Waals surface area contributed by atoms with Gasteiger partial charge in [0.2, 0.25) is 0 Å². The predicted octanol–water partition coefficient (Wildman–Crippen LogP) is 3.00. The molecule has 6 heteroatoms. The van der Waals surface area contributed by atoms with Crippen LogP contribution in [0.1, 0.15) is 24.2 Å². The summed E-state index contributed by atoms with van der Waals surface area (Å²) in [4.78, 5) is 20.9. The summed E-state index contributed by atoms with van der Waals surface area (Å²) in [5.74, 6) is -0.237. The quantitative estimate of drug-likeness (QED) is 0.928. The van der Waals surface area contributed by atoms with Gasteiger partial charge in [-0.15, -0.1) is 0 Å². The van der Waals surface area contributed by atoms with Gasteiger partial charge >= 0.3 is 0 Å². The number of amides is 1. The van der Waals surface area contributed by atoms with Crippen LogP contribution in [0, 0.1) is 5.82 Å². The minimum Gasteiger partial charge on any atom is -0.382 e. The molecular weight excluding hydrogens is 319 g/mol. The number of carbonyl (C=O) groups excluding carboxylic acids is 1. The third-order valence-electron chi connectivity index (χ3n) is 4.20. The maximum atomic E-state index is 13.0. The third kappa shape index (κ3) is 4.26. The fraction of sp³-hybridized carbons (Fsp3) is 0.368. The molecule has 1 aliphatic heterocycles. The smallest absolute Gasteiger partial charge is 0.255 e. The zero-order valence-electron chi connectivity index (χ0n) is 14.6. The Labute approximate surface area is 147 Å². The van der Waals surface area contributed by atoms with Gasteiger partial charge in [0.25, 0.3) is 5.91 Å². The highest BCUT2D eigenvalue weighted by Crippen LogP contribution is 2.18. The molecule has 3 rings (SSSR count). The van der Waals surface area contributed by atoms with E-state index in [0.717, 1.165) is 24.5 Å². The molecule has 1 saturated heterocycles. The maximum absolute atomic E-state index is 13.0. The first-order valence-corrected chi connectivity index (χ1v) is 8.54. The Bertz CT molecular complexity index is 724. The molecular formula is C19H23FN4O. The van der Waals surface area contributed by atoms with Gasteiger partial charge in [0, 0.05) is 50.3 Å². The Morgan fingerprint density at radius 2 is 1.80 bits per heavy atom. The number of pyridine rings is 1. The zero-order chi connectivity index (χ0) is 17.8. The van der Waals surface area contributed by atoms with E-state index in [0.29, 0.717) is 18.7 Å². The van der Waals surface area contributed by atoms with Crippen LogP contribution < -0.4 is 10.2 Å². The molecule has 0 unspecified atom stereocenters. The fourth-order valence-corrected chi connectivity index (χ4v) is 2.97. The van der Waals surface area contributed by atoms with Crippen LogP contribution in [-0.2, 0) is 0 Å². The van der Waals surface area contributed by atoms with Gasteiger partial charge in [-0.2, -0.15) is 0 Å². The second kappa shape index (κ2) is 7.51. The summed E-state index contributed by atoms with van der Waals surface area (Å²) in [7, 11) is 0. The summed E-state index contributed by atoms with van der Waals surface area (Å²) in [6.45, 7) is 6.83. The third-order valence-corrected chi connectivity index (χ3v) is 4.20. The first-order chi connectivity index (χ1) is 12.0. The lowest BCUT2D eigenvalue weighted by molar-refractivity contribution is 0.0746. The van der Waals surface area contributed by atoms with E-state index in [1.807, 2.05) is 24.8 Å². The number of piperazine rings is 1. The number of carbonyl (C=O) groups is 1. The number of rotatable bonds is 4. The molecule has 0 atom stereocenters. The molecule has 0 spiro atoms. The number of hydrogen-bond acceptors (Lipinski definition) is 4. The molecule has 2 aromatic rings. The number of nitrogens with zero attached hydrogens (tertiary/aromatic N) is 3. The summed E-state index contributed by atoms with van der Waals surface area (Å²) in [5.41, 5.74) is 2.44. The number of nitrogens with one attached hydrogen (secondary N) is 1. The van der Waals surface area contributed by atoms with Crippen molar-refractivity contribution in [2.24, 2.45) is 0 Å². The van der Waals surface area contributed by atoms with E-state index in [1.165, 1.54) is 12.1 Å². The molecule has 0 bridgehead atoms. The number of aromatic nitrogens is 1. The standard InChI is InChI=1S/C19H23FN4O/c1-14(2)22-17-11-15(12-21-13-17)19(25)24-9-7-23(8-10-24)18-5-3-16(20)4-6-18/h3-6,11-14,22H,7-10H2,1-2H3. The normalized spacial score (nSPS) is 14.7. The largest absolute Gasteiger partial charge is 0.382 e. The molecule has 1 amide bonds. The fourth-order valence-electron chi connectivity index (χ4n) is 2.97. The lowest BCUT2D eigenvalue weighted by Gasteiger charge is -2.36. The number of hydrogen-bond donors (Lipinski definition) is 1. The Balaban J connectivity index is 1.62. The summed E-state index contributed by atoms with van der Waals surface area (Å²) >= 11 is 0. The van der Waals surface area contributed by atoms with Crippen molar-refractivity contribution in [1.82, 2.24) is 9.88 Å². The Hall–Kier alpha value is -2.63. The van der Waals surface area contributed by atoms with E-state index in [-0.39, 0.29) is 17.8 Å². The Kier molecular flexibility index (Phi) is 5.16. The number of halogens is 1. The molecule has 1 aromatic carbocycles. The van der Waals surface area contributed by atoms with Crippen LogP contribution in [-0.4, -0.2) is 48.0 Å². The van der Waals surface area contributed by atoms with E-state index >= 15 is 0 Å². The van der Waals surface area contributed by atoms with Crippen molar-refractivity contribution in [2.75, 3.05) is 36.4 Å². The molecule has 1 N–H and O–H groups in total.